The molecule has 1 saturated carbocycles. The van der Waals surface area contributed by atoms with Crippen molar-refractivity contribution in [2.24, 2.45) is 0 Å². The molecule has 6 heteroatoms. The first-order valence-corrected chi connectivity index (χ1v) is 11.7. The molecule has 160 valence electrons. The number of aromatic nitrogens is 1. The van der Waals surface area contributed by atoms with Crippen LogP contribution in [-0.2, 0) is 10.4 Å². The number of nitrogens with zero attached hydrogens (tertiary/aromatic N) is 1. The lowest BCUT2D eigenvalue weighted by Gasteiger charge is -2.23. The molecule has 5 nitrogen and oxygen atoms in total. The molecular weight excluding hydrogens is 406 g/mol. The maximum Gasteiger partial charge on any atom is 0.266 e. The van der Waals surface area contributed by atoms with Crippen molar-refractivity contribution in [1.82, 2.24) is 4.98 Å². The number of hydrogen-bond donors (Lipinski definition) is 3. The van der Waals surface area contributed by atoms with Gasteiger partial charge < -0.3 is 16.2 Å². The van der Waals surface area contributed by atoms with Gasteiger partial charge in [-0.2, -0.15) is 0 Å². The Bertz CT molecular complexity index is 1160. The minimum Gasteiger partial charge on any atom is -0.375 e. The lowest BCUT2D eigenvalue weighted by Crippen LogP contribution is -2.35. The molecule has 5 rings (SSSR count). The quantitative estimate of drug-likeness (QED) is 0.527. The van der Waals surface area contributed by atoms with Crippen molar-refractivity contribution in [2.75, 3.05) is 11.1 Å². The fourth-order valence-corrected chi connectivity index (χ4v) is 5.91. The Morgan fingerprint density at radius 1 is 1.10 bits per heavy atom. The largest absolute Gasteiger partial charge is 0.375 e. The van der Waals surface area contributed by atoms with E-state index in [0.29, 0.717) is 32.9 Å². The first kappa shape index (κ1) is 20.2. The highest BCUT2D eigenvalue weighted by Gasteiger charge is 2.50. The van der Waals surface area contributed by atoms with Gasteiger partial charge in [0.25, 0.3) is 5.91 Å². The van der Waals surface area contributed by atoms with Crippen molar-refractivity contribution < 1.29 is 9.90 Å². The van der Waals surface area contributed by atoms with E-state index in [4.69, 9.17) is 5.73 Å². The van der Waals surface area contributed by atoms with E-state index in [1.165, 1.54) is 49.0 Å². The highest BCUT2D eigenvalue weighted by atomic mass is 32.1. The molecule has 1 atom stereocenters. The van der Waals surface area contributed by atoms with Crippen LogP contribution < -0.4 is 11.1 Å². The summed E-state index contributed by atoms with van der Waals surface area (Å²) < 4.78 is 0. The first-order chi connectivity index (χ1) is 14.9. The molecule has 1 aliphatic carbocycles. The Morgan fingerprint density at radius 3 is 2.52 bits per heavy atom. The molecule has 0 bridgehead atoms. The van der Waals surface area contributed by atoms with Crippen LogP contribution in [0.25, 0.3) is 11.3 Å². The molecule has 0 spiro atoms. The topological polar surface area (TPSA) is 88.2 Å². The molecule has 2 aliphatic rings. The number of aryl methyl sites for hydroxylation is 1. The third-order valence-electron chi connectivity index (χ3n) is 6.93. The van der Waals surface area contributed by atoms with E-state index < -0.39 is 11.5 Å². The number of nitrogens with one attached hydrogen (secondary N) is 1. The molecule has 0 radical (unpaired) electrons. The zero-order chi connectivity index (χ0) is 21.8. The molecule has 1 amide bonds. The van der Waals surface area contributed by atoms with Crippen LogP contribution in [0.2, 0.25) is 0 Å². The van der Waals surface area contributed by atoms with Gasteiger partial charge in [-0.3, -0.25) is 4.79 Å². The number of benzene rings is 2. The lowest BCUT2D eigenvalue weighted by atomic mass is 9.83. The smallest absolute Gasteiger partial charge is 0.266 e. The van der Waals surface area contributed by atoms with E-state index in [9.17, 15) is 9.90 Å². The maximum atomic E-state index is 13.0. The zero-order valence-electron chi connectivity index (χ0n) is 17.9. The van der Waals surface area contributed by atoms with Gasteiger partial charge in [-0.05, 0) is 49.3 Å². The van der Waals surface area contributed by atoms with Crippen molar-refractivity contribution in [3.63, 3.8) is 0 Å². The number of carbonyl (C=O) groups excluding carboxylic acids is 1. The Kier molecular flexibility index (Phi) is 4.87. The van der Waals surface area contributed by atoms with E-state index in [2.05, 4.69) is 22.4 Å². The molecule has 0 unspecified atom stereocenters. The molecule has 3 aromatic rings. The lowest BCUT2D eigenvalue weighted by molar-refractivity contribution is -0.129. The first-order valence-electron chi connectivity index (χ1n) is 10.9. The average Bonchev–Trinajstić information content (AvgIpc) is 3.30. The standard InChI is InChI=1S/C25H27N3O2S/c1-14-8-13-19-20(15(14)2)27-23(29)25(19,30)22-21(28-24(26)31-22)18-11-9-17(10-12-18)16-6-4-3-5-7-16/h8-13,16,30H,3-7H2,1-2H3,(H2,26,28)(H,27,29)/t25-/m0/s1. The third kappa shape index (κ3) is 3.17. The summed E-state index contributed by atoms with van der Waals surface area (Å²) in [5, 5.41) is 14.9. The highest BCUT2D eigenvalue weighted by molar-refractivity contribution is 7.16. The van der Waals surface area contributed by atoms with Crippen LogP contribution in [0.3, 0.4) is 0 Å². The number of amides is 1. The predicted octanol–water partition coefficient (Wildman–Crippen LogP) is 5.24. The van der Waals surface area contributed by atoms with Gasteiger partial charge in [0.05, 0.1) is 16.3 Å². The Labute approximate surface area is 186 Å². The van der Waals surface area contributed by atoms with E-state index in [0.717, 1.165) is 16.7 Å². The van der Waals surface area contributed by atoms with Gasteiger partial charge in [-0.25, -0.2) is 4.98 Å². The fourth-order valence-electron chi connectivity index (χ4n) is 4.96. The van der Waals surface area contributed by atoms with Gasteiger partial charge in [0.1, 0.15) is 0 Å². The number of hydrogen-bond acceptors (Lipinski definition) is 5. The van der Waals surface area contributed by atoms with Crippen molar-refractivity contribution in [2.45, 2.75) is 57.5 Å². The summed E-state index contributed by atoms with van der Waals surface area (Å²) in [7, 11) is 0. The molecule has 2 aromatic carbocycles. The molecule has 2 heterocycles. The molecule has 31 heavy (non-hydrogen) atoms. The SMILES string of the molecule is Cc1ccc2c(c1C)NC(=O)[C@@]2(O)c1sc(N)nc1-c1ccc(C2CCCCC2)cc1. The Morgan fingerprint density at radius 2 is 1.81 bits per heavy atom. The van der Waals surface area contributed by atoms with Gasteiger partial charge >= 0.3 is 0 Å². The van der Waals surface area contributed by atoms with Gasteiger partial charge in [0, 0.05) is 11.1 Å². The number of rotatable bonds is 3. The maximum absolute atomic E-state index is 13.0. The summed E-state index contributed by atoms with van der Waals surface area (Å²) >= 11 is 1.17. The monoisotopic (exact) mass is 433 g/mol. The minimum atomic E-state index is -1.81. The number of fused-ring (bicyclic) bond motifs is 1. The highest BCUT2D eigenvalue weighted by Crippen LogP contribution is 2.48. The van der Waals surface area contributed by atoms with Gasteiger partial charge in [-0.1, -0.05) is 67.0 Å². The summed E-state index contributed by atoms with van der Waals surface area (Å²) in [4.78, 5) is 18.0. The number of aliphatic hydroxyl groups is 1. The van der Waals surface area contributed by atoms with E-state index in [1.54, 1.807) is 0 Å². The third-order valence-corrected chi connectivity index (χ3v) is 7.92. The van der Waals surface area contributed by atoms with Gasteiger partial charge in [-0.15, -0.1) is 0 Å². The average molecular weight is 434 g/mol. The summed E-state index contributed by atoms with van der Waals surface area (Å²) in [5.74, 6) is 0.158. The van der Waals surface area contributed by atoms with Gasteiger partial charge in [0.15, 0.2) is 5.13 Å². The van der Waals surface area contributed by atoms with Gasteiger partial charge in [0.2, 0.25) is 5.60 Å². The van der Waals surface area contributed by atoms with Crippen LogP contribution in [0.5, 0.6) is 0 Å². The predicted molar refractivity (Wildman–Crippen MR) is 125 cm³/mol. The normalized spacial score (nSPS) is 21.2. The Hall–Kier alpha value is -2.70. The molecule has 1 aromatic heterocycles. The number of thiazole rings is 1. The van der Waals surface area contributed by atoms with Crippen LogP contribution in [0, 0.1) is 13.8 Å². The van der Waals surface area contributed by atoms with Crippen LogP contribution in [0.1, 0.15) is 65.2 Å². The fraction of sp³-hybridized carbons (Fsp3) is 0.360. The van der Waals surface area contributed by atoms with E-state index >= 15 is 0 Å². The molecule has 1 aliphatic heterocycles. The minimum absolute atomic E-state index is 0.333. The molecule has 4 N–H and O–H groups in total. The van der Waals surface area contributed by atoms with Crippen molar-refractivity contribution in [1.29, 1.82) is 0 Å². The van der Waals surface area contributed by atoms with Crippen LogP contribution in [0.4, 0.5) is 10.8 Å². The van der Waals surface area contributed by atoms with Crippen LogP contribution in [0.15, 0.2) is 36.4 Å². The Balaban J connectivity index is 1.58. The van der Waals surface area contributed by atoms with Crippen molar-refractivity contribution in [3.8, 4) is 11.3 Å². The van der Waals surface area contributed by atoms with Crippen LogP contribution >= 0.6 is 11.3 Å². The second kappa shape index (κ2) is 7.46. The number of anilines is 2. The summed E-state index contributed by atoms with van der Waals surface area (Å²) in [6.45, 7) is 3.94. The number of carbonyl (C=O) groups is 1. The summed E-state index contributed by atoms with van der Waals surface area (Å²) in [5.41, 5.74) is 10.3. The summed E-state index contributed by atoms with van der Waals surface area (Å²) in [6.07, 6.45) is 6.39. The summed E-state index contributed by atoms with van der Waals surface area (Å²) in [6, 6.07) is 12.2. The second-order valence-electron chi connectivity index (χ2n) is 8.78. The number of nitrogens with two attached hydrogens (primary N) is 1. The molecule has 1 fully saturated rings. The van der Waals surface area contributed by atoms with Crippen LogP contribution in [-0.4, -0.2) is 16.0 Å². The van der Waals surface area contributed by atoms with Crippen molar-refractivity contribution >= 4 is 28.1 Å². The molecular formula is C25H27N3O2S. The van der Waals surface area contributed by atoms with E-state index in [-0.39, 0.29) is 0 Å². The van der Waals surface area contributed by atoms with Crippen molar-refractivity contribution in [3.05, 3.63) is 63.5 Å². The zero-order valence-corrected chi connectivity index (χ0v) is 18.7. The second-order valence-corrected chi connectivity index (χ2v) is 9.81. The number of nitrogen functional groups attached to an aromatic ring is 1. The molecule has 0 saturated heterocycles. The van der Waals surface area contributed by atoms with E-state index in [1.807, 2.05) is 38.1 Å².